The summed E-state index contributed by atoms with van der Waals surface area (Å²) < 4.78 is 13.4. The van der Waals surface area contributed by atoms with Gasteiger partial charge in [0.05, 0.1) is 35.8 Å². The van der Waals surface area contributed by atoms with Crippen LogP contribution in [0, 0.1) is 18.8 Å². The van der Waals surface area contributed by atoms with Crippen molar-refractivity contribution in [1.29, 1.82) is 0 Å². The number of fused-ring (bicyclic) bond motifs is 2. The summed E-state index contributed by atoms with van der Waals surface area (Å²) in [4.78, 5) is 60.7. The number of cyclic esters (lactones) is 1. The first kappa shape index (κ1) is 36.1. The zero-order valence-electron chi connectivity index (χ0n) is 28.5. The van der Waals surface area contributed by atoms with Gasteiger partial charge >= 0.3 is 5.97 Å². The number of hydrogen-bond acceptors (Lipinski definition) is 7. The van der Waals surface area contributed by atoms with Crippen LogP contribution in [0.25, 0.3) is 0 Å². The Hall–Kier alpha value is -4.29. The molecule has 7 rings (SSSR count). The molecule has 0 aromatic heterocycles. The van der Waals surface area contributed by atoms with Crippen LogP contribution < -0.4 is 10.2 Å². The molecule has 3 aromatic carbocycles. The molecule has 0 unspecified atom stereocenters. The van der Waals surface area contributed by atoms with E-state index in [9.17, 15) is 14.7 Å². The van der Waals surface area contributed by atoms with Crippen molar-refractivity contribution in [3.63, 3.8) is 0 Å². The van der Waals surface area contributed by atoms with Gasteiger partial charge in [-0.3, -0.25) is 19.2 Å². The number of allylic oxidation sites excluding steroid dienone is 1. The molecule has 0 radical (unpaired) electrons. The van der Waals surface area contributed by atoms with Crippen molar-refractivity contribution >= 4 is 56.9 Å². The normalized spacial score (nSPS) is 29.0. The molecule has 1 spiro atoms. The number of anilines is 1. The van der Waals surface area contributed by atoms with Crippen LogP contribution in [0.1, 0.15) is 35.6 Å². The number of nitrogens with one attached hydrogen (secondary N) is 1. The topological polar surface area (TPSA) is 125 Å². The predicted molar refractivity (Wildman–Crippen MR) is 198 cm³/mol. The summed E-state index contributed by atoms with van der Waals surface area (Å²) in [5.41, 5.74) is 1.14. The van der Waals surface area contributed by atoms with E-state index in [0.29, 0.717) is 27.2 Å². The molecule has 7 atom stereocenters. The Morgan fingerprint density at radius 1 is 0.981 bits per heavy atom. The van der Waals surface area contributed by atoms with E-state index < -0.39 is 66.1 Å². The molecule has 270 valence electrons. The number of amides is 3. The van der Waals surface area contributed by atoms with Crippen molar-refractivity contribution in [2.75, 3.05) is 24.6 Å². The van der Waals surface area contributed by atoms with Crippen LogP contribution in [0.4, 0.5) is 5.69 Å². The summed E-state index contributed by atoms with van der Waals surface area (Å²) in [5.74, 6) is -4.18. The van der Waals surface area contributed by atoms with Crippen molar-refractivity contribution in [2.45, 2.75) is 56.1 Å². The van der Waals surface area contributed by atoms with E-state index in [2.05, 4.69) is 21.2 Å². The monoisotopic (exact) mass is 787 g/mol. The molecular weight excluding hydrogens is 750 g/mol. The van der Waals surface area contributed by atoms with Gasteiger partial charge in [-0.2, -0.15) is 0 Å². The number of carbonyl (C=O) groups excluding carboxylic acids is 4. The van der Waals surface area contributed by atoms with E-state index in [4.69, 9.17) is 21.1 Å². The van der Waals surface area contributed by atoms with Crippen molar-refractivity contribution in [3.8, 4) is 0 Å². The van der Waals surface area contributed by atoms with Crippen molar-refractivity contribution in [2.24, 2.45) is 11.8 Å². The molecule has 5 bridgehead atoms. The van der Waals surface area contributed by atoms with Crippen LogP contribution in [-0.2, 0) is 35.1 Å². The third-order valence-corrected chi connectivity index (χ3v) is 11.4. The molecule has 12 heteroatoms. The minimum atomic E-state index is -1.58. The highest BCUT2D eigenvalue weighted by Gasteiger charge is 2.75. The Bertz CT molecular complexity index is 1900. The summed E-state index contributed by atoms with van der Waals surface area (Å²) in [7, 11) is 0. The Morgan fingerprint density at radius 3 is 2.42 bits per heavy atom. The third kappa shape index (κ3) is 6.48. The third-order valence-electron chi connectivity index (χ3n) is 10.4. The minimum absolute atomic E-state index is 0.0216. The second kappa shape index (κ2) is 15.0. The maximum Gasteiger partial charge on any atom is 0.313 e. The van der Waals surface area contributed by atoms with Crippen LogP contribution >= 0.6 is 27.5 Å². The highest BCUT2D eigenvalue weighted by Crippen LogP contribution is 2.59. The second-order valence-electron chi connectivity index (χ2n) is 13.6. The van der Waals surface area contributed by atoms with Gasteiger partial charge < -0.3 is 29.7 Å². The fraction of sp³-hybridized carbons (Fsp3) is 0.350. The average Bonchev–Trinajstić information content (AvgIpc) is 3.74. The number of rotatable bonds is 6. The zero-order chi connectivity index (χ0) is 36.6. The number of ether oxygens (including phenoxy) is 2. The number of nitrogens with zero attached hydrogens (tertiary/aromatic N) is 2. The van der Waals surface area contributed by atoms with Crippen molar-refractivity contribution < 1.29 is 33.8 Å². The van der Waals surface area contributed by atoms with Gasteiger partial charge in [-0.25, -0.2) is 0 Å². The summed E-state index contributed by atoms with van der Waals surface area (Å²) in [6.45, 7) is 1.49. The summed E-state index contributed by atoms with van der Waals surface area (Å²) >= 11 is 10.4. The van der Waals surface area contributed by atoms with Crippen molar-refractivity contribution in [3.05, 3.63) is 123 Å². The van der Waals surface area contributed by atoms with E-state index in [1.807, 2.05) is 79.7 Å². The van der Waals surface area contributed by atoms with Gasteiger partial charge in [-0.1, -0.05) is 112 Å². The van der Waals surface area contributed by atoms with E-state index in [1.165, 1.54) is 9.80 Å². The zero-order valence-corrected chi connectivity index (χ0v) is 30.8. The Morgan fingerprint density at radius 2 is 1.71 bits per heavy atom. The number of esters is 1. The highest BCUT2D eigenvalue weighted by molar-refractivity contribution is 9.11. The first-order valence-electron chi connectivity index (χ1n) is 17.4. The first-order valence-corrected chi connectivity index (χ1v) is 18.6. The molecule has 4 aliphatic rings. The summed E-state index contributed by atoms with van der Waals surface area (Å²) in [6.07, 6.45) is 4.42. The fourth-order valence-corrected chi connectivity index (χ4v) is 9.12. The number of aliphatic hydroxyl groups is 1. The molecule has 2 saturated heterocycles. The van der Waals surface area contributed by atoms with Gasteiger partial charge in [-0.15, -0.1) is 0 Å². The van der Waals surface area contributed by atoms with Gasteiger partial charge in [0, 0.05) is 17.4 Å². The minimum Gasteiger partial charge on any atom is -0.455 e. The SMILES string of the molecule is Cc1cccc(Cl)c1N1C/C=C\CCC(=O)NC[C@@H](c2ccccc2)OC(=O)[C@@H]2[C@H]3O[C@@]4(C=C3Br)[C@H](C1=O)N([C@@H](CO)Cc1ccccc1)C(=O)[C@@H]24. The number of hydrogen-bond donors (Lipinski definition) is 2. The molecule has 3 amide bonds. The number of benzene rings is 3. The van der Waals surface area contributed by atoms with Gasteiger partial charge in [-0.05, 0) is 48.6 Å². The average molecular weight is 789 g/mol. The molecule has 0 saturated carbocycles. The van der Waals surface area contributed by atoms with E-state index in [1.54, 1.807) is 24.3 Å². The number of para-hydroxylation sites is 1. The van der Waals surface area contributed by atoms with E-state index >= 15 is 9.59 Å². The lowest BCUT2D eigenvalue weighted by atomic mass is 9.74. The van der Waals surface area contributed by atoms with Gasteiger partial charge in [0.25, 0.3) is 5.91 Å². The maximum absolute atomic E-state index is 15.4. The molecule has 2 N–H and O–H groups in total. The van der Waals surface area contributed by atoms with E-state index in [0.717, 1.165) is 11.1 Å². The Balaban J connectivity index is 1.38. The summed E-state index contributed by atoms with van der Waals surface area (Å²) in [6, 6.07) is 21.7. The van der Waals surface area contributed by atoms with Crippen LogP contribution in [0.15, 0.2) is 102 Å². The smallest absolute Gasteiger partial charge is 0.313 e. The van der Waals surface area contributed by atoms with Crippen LogP contribution in [0.2, 0.25) is 5.02 Å². The Labute approximate surface area is 315 Å². The molecule has 52 heavy (non-hydrogen) atoms. The Kier molecular flexibility index (Phi) is 10.4. The van der Waals surface area contributed by atoms with Crippen LogP contribution in [-0.4, -0.2) is 77.2 Å². The lowest BCUT2D eigenvalue weighted by Gasteiger charge is -2.39. The molecular formula is C40H39BrClN3O7. The quantitative estimate of drug-likeness (QED) is 0.260. The van der Waals surface area contributed by atoms with Crippen molar-refractivity contribution in [1.82, 2.24) is 10.2 Å². The number of aryl methyl sites for hydroxylation is 1. The van der Waals surface area contributed by atoms with Gasteiger partial charge in [0.15, 0.2) is 0 Å². The van der Waals surface area contributed by atoms with E-state index in [-0.39, 0.29) is 31.8 Å². The number of halogens is 2. The lowest BCUT2D eigenvalue weighted by molar-refractivity contribution is -0.160. The fourth-order valence-electron chi connectivity index (χ4n) is 8.06. The lowest BCUT2D eigenvalue weighted by Crippen LogP contribution is -2.59. The maximum atomic E-state index is 15.4. The summed E-state index contributed by atoms with van der Waals surface area (Å²) in [5, 5.41) is 14.2. The number of aliphatic hydroxyl groups excluding tert-OH is 1. The highest BCUT2D eigenvalue weighted by atomic mass is 79.9. The molecule has 4 aliphatic heterocycles. The first-order chi connectivity index (χ1) is 25.1. The standard InChI is InChI=1S/C40H39BrClN3O7/c1-24-12-11-17-29(42)34(24)44-19-10-4-9-18-31(47)43-22-30(26-15-7-3-8-16-26)51-39(50)32-33-37(48)45(27(23-46)20-25-13-5-2-6-14-25)36(38(44)49)40(33)21-28(41)35(32)52-40/h2-8,10-17,21,27,30,32-33,35-36,46H,9,18-20,22-23H2,1H3,(H,43,47)/b10-4-/t27-,30+,32+,33-,35+,36+,40-/m1/s1. The second-order valence-corrected chi connectivity index (χ2v) is 14.9. The number of carbonyl (C=O) groups is 4. The molecule has 2 fully saturated rings. The van der Waals surface area contributed by atoms with Crippen LogP contribution in [0.5, 0.6) is 0 Å². The molecule has 10 nitrogen and oxygen atoms in total. The van der Waals surface area contributed by atoms with Crippen LogP contribution in [0.3, 0.4) is 0 Å². The molecule has 4 heterocycles. The van der Waals surface area contributed by atoms with Gasteiger partial charge in [0.2, 0.25) is 11.8 Å². The molecule has 3 aromatic rings. The largest absolute Gasteiger partial charge is 0.455 e. The predicted octanol–water partition coefficient (Wildman–Crippen LogP) is 5.21. The van der Waals surface area contributed by atoms with Gasteiger partial charge in [0.1, 0.15) is 29.8 Å². The molecule has 0 aliphatic carbocycles. The number of likely N-dealkylation sites (tertiary alicyclic amines) is 1.